The summed E-state index contributed by atoms with van der Waals surface area (Å²) in [5.74, 6) is -0.161. The minimum absolute atomic E-state index is 0.0589. The summed E-state index contributed by atoms with van der Waals surface area (Å²) in [7, 11) is 0. The van der Waals surface area contributed by atoms with Gasteiger partial charge in [0.05, 0.1) is 22.3 Å². The number of anilines is 2. The van der Waals surface area contributed by atoms with Crippen LogP contribution in [0.1, 0.15) is 81.5 Å². The first-order valence-corrected chi connectivity index (χ1v) is 11.6. The zero-order valence-electron chi connectivity index (χ0n) is 19.5. The molecule has 34 heavy (non-hydrogen) atoms. The molecule has 0 unspecified atom stereocenters. The molecule has 1 saturated carbocycles. The lowest BCUT2D eigenvalue weighted by atomic mass is 9.79. The Balaban J connectivity index is 0.000000172. The smallest absolute Gasteiger partial charge is 0.200 e. The largest absolute Gasteiger partial charge is 0.507 e. The Labute approximate surface area is 199 Å². The second kappa shape index (κ2) is 9.21. The molecule has 3 aromatic rings. The lowest BCUT2D eigenvalue weighted by Crippen LogP contribution is -2.24. The Bertz CT molecular complexity index is 1130. The van der Waals surface area contributed by atoms with Crippen LogP contribution < -0.4 is 11.5 Å². The lowest BCUT2D eigenvalue weighted by molar-refractivity contribution is 0.0975. The fourth-order valence-electron chi connectivity index (χ4n) is 4.85. The quantitative estimate of drug-likeness (QED) is 0.226. The van der Waals surface area contributed by atoms with Crippen LogP contribution >= 0.6 is 0 Å². The zero-order chi connectivity index (χ0) is 24.6. The number of carbonyl (C=O) groups excluding carboxylic acids is 2. The van der Waals surface area contributed by atoms with Gasteiger partial charge in [-0.2, -0.15) is 0 Å². The van der Waals surface area contributed by atoms with Gasteiger partial charge < -0.3 is 21.7 Å². The molecular formula is C28H30N2O4. The van der Waals surface area contributed by atoms with Gasteiger partial charge in [-0.15, -0.1) is 0 Å². The van der Waals surface area contributed by atoms with E-state index in [0.29, 0.717) is 0 Å². The van der Waals surface area contributed by atoms with Crippen molar-refractivity contribution in [3.05, 3.63) is 81.9 Å². The normalized spacial score (nSPS) is 19.0. The van der Waals surface area contributed by atoms with Crippen molar-refractivity contribution in [3.8, 4) is 11.5 Å². The fourth-order valence-corrected chi connectivity index (χ4v) is 4.85. The number of hydrogen-bond donors (Lipinski definition) is 4. The highest BCUT2D eigenvalue weighted by Crippen LogP contribution is 2.40. The predicted molar refractivity (Wildman–Crippen MR) is 133 cm³/mol. The SMILES string of the molecule is Cc1ccc(C2CCC(C)CC2)cc1.Nc1ccc(O)c2c1C(=O)c1c(O)ccc(N)c1C2=O. The lowest BCUT2D eigenvalue weighted by Gasteiger charge is -2.26. The Morgan fingerprint density at radius 2 is 1.12 bits per heavy atom. The second-order valence-corrected chi connectivity index (χ2v) is 9.37. The number of aromatic hydroxyl groups is 2. The number of aryl methyl sites for hydroxylation is 1. The molecule has 6 N–H and O–H groups in total. The second-order valence-electron chi connectivity index (χ2n) is 9.37. The molecule has 0 bridgehead atoms. The number of hydrogen-bond acceptors (Lipinski definition) is 6. The van der Waals surface area contributed by atoms with Gasteiger partial charge in [-0.1, -0.05) is 49.6 Å². The van der Waals surface area contributed by atoms with Crippen molar-refractivity contribution < 1.29 is 19.8 Å². The van der Waals surface area contributed by atoms with Crippen molar-refractivity contribution >= 4 is 22.9 Å². The average molecular weight is 459 g/mol. The van der Waals surface area contributed by atoms with Gasteiger partial charge in [0, 0.05) is 11.4 Å². The van der Waals surface area contributed by atoms with Crippen molar-refractivity contribution in [1.82, 2.24) is 0 Å². The number of nitrogens with two attached hydrogens (primary N) is 2. The van der Waals surface area contributed by atoms with Gasteiger partial charge in [0.1, 0.15) is 11.5 Å². The fraction of sp³-hybridized carbons (Fsp3) is 0.286. The zero-order valence-corrected chi connectivity index (χ0v) is 19.5. The highest BCUT2D eigenvalue weighted by atomic mass is 16.3. The Kier molecular flexibility index (Phi) is 6.33. The van der Waals surface area contributed by atoms with Crippen LogP contribution in [0.3, 0.4) is 0 Å². The van der Waals surface area contributed by atoms with Crippen molar-refractivity contribution in [2.45, 2.75) is 45.4 Å². The van der Waals surface area contributed by atoms with Crippen molar-refractivity contribution in [2.24, 2.45) is 5.92 Å². The van der Waals surface area contributed by atoms with Crippen molar-refractivity contribution in [2.75, 3.05) is 11.5 Å². The summed E-state index contributed by atoms with van der Waals surface area (Å²) in [6.45, 7) is 4.54. The van der Waals surface area contributed by atoms with Gasteiger partial charge >= 0.3 is 0 Å². The van der Waals surface area contributed by atoms with E-state index >= 15 is 0 Å². The van der Waals surface area contributed by atoms with E-state index in [2.05, 4.69) is 38.1 Å². The number of phenolic OH excluding ortho intramolecular Hbond substituents is 2. The maximum atomic E-state index is 12.4. The van der Waals surface area contributed by atoms with Crippen LogP contribution in [0.4, 0.5) is 11.4 Å². The van der Waals surface area contributed by atoms with E-state index in [-0.39, 0.29) is 45.1 Å². The molecule has 3 aromatic carbocycles. The molecule has 2 aliphatic rings. The molecule has 0 radical (unpaired) electrons. The molecule has 1 fully saturated rings. The molecule has 176 valence electrons. The number of fused-ring (bicyclic) bond motifs is 2. The summed E-state index contributed by atoms with van der Waals surface area (Å²) in [4.78, 5) is 24.9. The number of carbonyl (C=O) groups is 2. The molecule has 0 aromatic heterocycles. The molecule has 6 heteroatoms. The third-order valence-corrected chi connectivity index (χ3v) is 6.90. The number of rotatable bonds is 1. The predicted octanol–water partition coefficient (Wildman–Crippen LogP) is 5.33. The van der Waals surface area contributed by atoms with Crippen LogP contribution in [0.15, 0.2) is 48.5 Å². The molecule has 2 aliphatic carbocycles. The van der Waals surface area contributed by atoms with E-state index in [1.165, 1.54) is 55.5 Å². The molecule has 0 spiro atoms. The first kappa shape index (κ1) is 23.4. The Morgan fingerprint density at radius 1 is 0.676 bits per heavy atom. The van der Waals surface area contributed by atoms with Crippen LogP contribution in [0.5, 0.6) is 11.5 Å². The topological polar surface area (TPSA) is 127 Å². The summed E-state index contributed by atoms with van der Waals surface area (Å²) in [6, 6.07) is 14.3. The van der Waals surface area contributed by atoms with Crippen molar-refractivity contribution in [1.29, 1.82) is 0 Å². The van der Waals surface area contributed by atoms with E-state index in [4.69, 9.17) is 11.5 Å². The minimum Gasteiger partial charge on any atom is -0.507 e. The summed E-state index contributed by atoms with van der Waals surface area (Å²) in [5.41, 5.74) is 13.9. The Hall–Kier alpha value is -3.80. The molecule has 6 nitrogen and oxygen atoms in total. The number of nitrogen functional groups attached to an aromatic ring is 2. The van der Waals surface area contributed by atoms with Gasteiger partial charge in [-0.25, -0.2) is 0 Å². The molecule has 0 amide bonds. The molecule has 0 heterocycles. The standard InChI is InChI=1S/C14H10N2O4.C14H20/c15-5-1-3-7(17)11-9(5)13(19)12-8(18)4-2-6(16)10(12)14(11)20;1-11-3-7-13(8-4-11)14-9-5-12(2)6-10-14/h1-4,17-18H,15-16H2;3-4,7-8,12,14H,5-6,9-10H2,1-2H3. The first-order valence-electron chi connectivity index (χ1n) is 11.6. The maximum Gasteiger partial charge on any atom is 0.200 e. The minimum atomic E-state index is -0.632. The van der Waals surface area contributed by atoms with Gasteiger partial charge in [0.15, 0.2) is 0 Å². The molecular weight excluding hydrogens is 428 g/mol. The third kappa shape index (κ3) is 4.23. The molecule has 5 rings (SSSR count). The number of benzene rings is 3. The molecule has 0 saturated heterocycles. The van der Waals surface area contributed by atoms with Crippen LogP contribution in [0.25, 0.3) is 0 Å². The van der Waals surface area contributed by atoms with E-state index in [1.54, 1.807) is 5.56 Å². The van der Waals surface area contributed by atoms with Crippen LogP contribution in [-0.2, 0) is 0 Å². The third-order valence-electron chi connectivity index (χ3n) is 6.90. The highest BCUT2D eigenvalue weighted by Gasteiger charge is 2.37. The number of phenols is 2. The number of ketones is 2. The highest BCUT2D eigenvalue weighted by molar-refractivity contribution is 6.33. The molecule has 0 aliphatic heterocycles. The van der Waals surface area contributed by atoms with Crippen LogP contribution in [-0.4, -0.2) is 21.8 Å². The first-order chi connectivity index (χ1) is 16.2. The summed E-state index contributed by atoms with van der Waals surface area (Å²) >= 11 is 0. The monoisotopic (exact) mass is 458 g/mol. The van der Waals surface area contributed by atoms with E-state index in [1.807, 2.05) is 0 Å². The van der Waals surface area contributed by atoms with E-state index in [0.717, 1.165) is 11.8 Å². The van der Waals surface area contributed by atoms with Gasteiger partial charge in [-0.3, -0.25) is 9.59 Å². The Morgan fingerprint density at radius 3 is 1.56 bits per heavy atom. The van der Waals surface area contributed by atoms with E-state index in [9.17, 15) is 19.8 Å². The average Bonchev–Trinajstić information content (AvgIpc) is 2.82. The summed E-state index contributed by atoms with van der Waals surface area (Å²) < 4.78 is 0. The van der Waals surface area contributed by atoms with Gasteiger partial charge in [-0.05, 0) is 61.4 Å². The van der Waals surface area contributed by atoms with Gasteiger partial charge in [0.2, 0.25) is 11.6 Å². The van der Waals surface area contributed by atoms with E-state index < -0.39 is 11.6 Å². The molecule has 0 atom stereocenters. The van der Waals surface area contributed by atoms with Crippen LogP contribution in [0, 0.1) is 12.8 Å². The summed E-state index contributed by atoms with van der Waals surface area (Å²) in [5, 5.41) is 19.6. The van der Waals surface area contributed by atoms with Crippen LogP contribution in [0.2, 0.25) is 0 Å². The maximum absolute atomic E-state index is 12.4. The summed E-state index contributed by atoms with van der Waals surface area (Å²) in [6.07, 6.45) is 5.62. The van der Waals surface area contributed by atoms with Gasteiger partial charge in [0.25, 0.3) is 0 Å². The van der Waals surface area contributed by atoms with Crippen molar-refractivity contribution in [3.63, 3.8) is 0 Å².